The summed E-state index contributed by atoms with van der Waals surface area (Å²) in [5.41, 5.74) is 0. The molecule has 0 aromatic carbocycles. The Morgan fingerprint density at radius 3 is 0.621 bits per heavy atom. The summed E-state index contributed by atoms with van der Waals surface area (Å²) in [6, 6.07) is 0. The Labute approximate surface area is 189 Å². The van der Waals surface area contributed by atoms with Gasteiger partial charge >= 0.3 is 23.9 Å². The zero-order chi connectivity index (χ0) is 22.8. The molecular weight excluding hydrogens is 552 g/mol. The van der Waals surface area contributed by atoms with Gasteiger partial charge in [-0.1, -0.05) is 53.4 Å². The fourth-order valence-corrected chi connectivity index (χ4v) is 1.31. The molecule has 4 N–H and O–H groups in total. The molecule has 0 heterocycles. The summed E-state index contributed by atoms with van der Waals surface area (Å²) in [6.45, 7) is 7.90. The third-order valence-corrected chi connectivity index (χ3v) is 2.98. The Balaban J connectivity index is -0.0000000873. The Morgan fingerprint density at radius 1 is 0.448 bits per heavy atom. The smallest absolute Gasteiger partial charge is 0.303 e. The molecule has 0 radical (unpaired) electrons. The Morgan fingerprint density at radius 2 is 0.586 bits per heavy atom. The van der Waals surface area contributed by atoms with Gasteiger partial charge in [0.25, 0.3) is 0 Å². The molecule has 0 aromatic heterocycles. The first kappa shape index (κ1) is 38.2. The fourth-order valence-electron chi connectivity index (χ4n) is 1.31. The van der Waals surface area contributed by atoms with Crippen molar-refractivity contribution in [2.45, 2.75) is 105 Å². The van der Waals surface area contributed by atoms with Crippen LogP contribution in [-0.4, -0.2) is 44.3 Å². The third-order valence-electron chi connectivity index (χ3n) is 2.98. The van der Waals surface area contributed by atoms with Crippen LogP contribution in [0.3, 0.4) is 0 Å². The molecule has 0 atom stereocenters. The second kappa shape index (κ2) is 34.1. The SMILES string of the molecule is CCCCC(=O)O.CCCCC(=O)O.CCCCC(=O)O.CCCCC(=O)O.[W]. The van der Waals surface area contributed by atoms with E-state index in [4.69, 9.17) is 20.4 Å². The molecular formula is C20H40O8W. The molecule has 0 saturated heterocycles. The van der Waals surface area contributed by atoms with Crippen molar-refractivity contribution in [1.82, 2.24) is 0 Å². The van der Waals surface area contributed by atoms with Crippen molar-refractivity contribution in [3.05, 3.63) is 0 Å². The average Bonchev–Trinajstić information content (AvgIpc) is 2.62. The first-order valence-corrected chi connectivity index (χ1v) is 9.95. The van der Waals surface area contributed by atoms with Gasteiger partial charge < -0.3 is 20.4 Å². The van der Waals surface area contributed by atoms with Gasteiger partial charge in [-0.3, -0.25) is 19.2 Å². The van der Waals surface area contributed by atoms with Crippen molar-refractivity contribution >= 4 is 23.9 Å². The quantitative estimate of drug-likeness (QED) is 0.246. The van der Waals surface area contributed by atoms with E-state index in [0.717, 1.165) is 51.4 Å². The maximum absolute atomic E-state index is 9.76. The van der Waals surface area contributed by atoms with Crippen molar-refractivity contribution in [1.29, 1.82) is 0 Å². The largest absolute Gasteiger partial charge is 0.481 e. The van der Waals surface area contributed by atoms with Gasteiger partial charge in [-0.2, -0.15) is 0 Å². The number of hydrogen-bond acceptors (Lipinski definition) is 4. The minimum absolute atomic E-state index is 0. The summed E-state index contributed by atoms with van der Waals surface area (Å²) in [7, 11) is 0. The number of carbonyl (C=O) groups is 4. The molecule has 0 aromatic rings. The second-order valence-corrected chi connectivity index (χ2v) is 5.99. The van der Waals surface area contributed by atoms with Crippen LogP contribution >= 0.6 is 0 Å². The van der Waals surface area contributed by atoms with Crippen molar-refractivity contribution in [3.8, 4) is 0 Å². The van der Waals surface area contributed by atoms with Gasteiger partial charge in [0.2, 0.25) is 0 Å². The maximum atomic E-state index is 9.76. The fraction of sp³-hybridized carbons (Fsp3) is 0.800. The zero-order valence-corrected chi connectivity index (χ0v) is 21.2. The van der Waals surface area contributed by atoms with Gasteiger partial charge in [0.1, 0.15) is 0 Å². The molecule has 29 heavy (non-hydrogen) atoms. The molecule has 0 fully saturated rings. The summed E-state index contributed by atoms with van der Waals surface area (Å²) < 4.78 is 0. The van der Waals surface area contributed by atoms with Crippen molar-refractivity contribution in [2.75, 3.05) is 0 Å². The molecule has 0 amide bonds. The molecule has 174 valence electrons. The average molecular weight is 592 g/mol. The summed E-state index contributed by atoms with van der Waals surface area (Å²) in [4.78, 5) is 39.0. The molecule has 0 unspecified atom stereocenters. The van der Waals surface area contributed by atoms with Gasteiger partial charge in [-0.05, 0) is 25.7 Å². The molecule has 8 nitrogen and oxygen atoms in total. The van der Waals surface area contributed by atoms with Crippen LogP contribution in [0.15, 0.2) is 0 Å². The number of rotatable bonds is 12. The number of carboxylic acid groups (broad SMARTS) is 4. The maximum Gasteiger partial charge on any atom is 0.303 e. The second-order valence-electron chi connectivity index (χ2n) is 5.99. The van der Waals surface area contributed by atoms with Gasteiger partial charge in [0.05, 0.1) is 0 Å². The summed E-state index contributed by atoms with van der Waals surface area (Å²) in [5, 5.41) is 32.2. The van der Waals surface area contributed by atoms with Crippen LogP contribution in [-0.2, 0) is 40.2 Å². The van der Waals surface area contributed by atoms with E-state index in [1.165, 1.54) is 0 Å². The Bertz CT molecular complexity index is 315. The molecule has 0 bridgehead atoms. The number of hydrogen-bond donors (Lipinski definition) is 4. The predicted octanol–water partition coefficient (Wildman–Crippen LogP) is 5.04. The topological polar surface area (TPSA) is 149 Å². The van der Waals surface area contributed by atoms with Crippen molar-refractivity contribution in [2.24, 2.45) is 0 Å². The van der Waals surface area contributed by atoms with Gasteiger partial charge in [-0.15, -0.1) is 0 Å². The normalized spacial score (nSPS) is 8.41. The Kier molecular flexibility index (Phi) is 44.9. The minimum Gasteiger partial charge on any atom is -0.481 e. The number of unbranched alkanes of at least 4 members (excludes halogenated alkanes) is 4. The van der Waals surface area contributed by atoms with Crippen LogP contribution in [0.4, 0.5) is 0 Å². The first-order valence-electron chi connectivity index (χ1n) is 9.95. The zero-order valence-electron chi connectivity index (χ0n) is 18.3. The first-order chi connectivity index (χ1) is 13.1. The van der Waals surface area contributed by atoms with Crippen LogP contribution < -0.4 is 0 Å². The van der Waals surface area contributed by atoms with E-state index in [0.29, 0.717) is 25.7 Å². The van der Waals surface area contributed by atoms with Crippen LogP contribution in [0.5, 0.6) is 0 Å². The van der Waals surface area contributed by atoms with Crippen molar-refractivity contribution < 1.29 is 60.7 Å². The predicted molar refractivity (Wildman–Crippen MR) is 109 cm³/mol. The molecule has 0 saturated carbocycles. The van der Waals surface area contributed by atoms with Crippen LogP contribution in [0.1, 0.15) is 105 Å². The van der Waals surface area contributed by atoms with E-state index in [1.54, 1.807) is 0 Å². The summed E-state index contributed by atoms with van der Waals surface area (Å²) in [5.74, 6) is -2.77. The van der Waals surface area contributed by atoms with E-state index >= 15 is 0 Å². The Hall–Kier alpha value is -1.43. The molecule has 0 spiro atoms. The molecule has 0 aliphatic heterocycles. The number of aliphatic carboxylic acids is 4. The van der Waals surface area contributed by atoms with Crippen LogP contribution in [0.25, 0.3) is 0 Å². The molecule has 0 aliphatic carbocycles. The van der Waals surface area contributed by atoms with E-state index in [-0.39, 0.29) is 21.1 Å². The standard InChI is InChI=1S/4C5H10O2.W/c4*1-2-3-4-5(6)7;/h4*2-4H2,1H3,(H,6,7);. The van der Waals surface area contributed by atoms with Gasteiger partial charge in [-0.25, -0.2) is 0 Å². The van der Waals surface area contributed by atoms with Crippen LogP contribution in [0.2, 0.25) is 0 Å². The number of carboxylic acids is 4. The van der Waals surface area contributed by atoms with E-state index < -0.39 is 23.9 Å². The molecule has 9 heteroatoms. The monoisotopic (exact) mass is 592 g/mol. The minimum atomic E-state index is -0.693. The van der Waals surface area contributed by atoms with Gasteiger partial charge in [0.15, 0.2) is 0 Å². The van der Waals surface area contributed by atoms with Crippen molar-refractivity contribution in [3.63, 3.8) is 0 Å². The van der Waals surface area contributed by atoms with E-state index in [9.17, 15) is 19.2 Å². The molecule has 0 rings (SSSR count). The summed E-state index contributed by atoms with van der Waals surface area (Å²) >= 11 is 0. The van der Waals surface area contributed by atoms with Crippen LogP contribution in [0, 0.1) is 0 Å². The molecule has 0 aliphatic rings. The van der Waals surface area contributed by atoms with Gasteiger partial charge in [0, 0.05) is 46.7 Å². The van der Waals surface area contributed by atoms with E-state index in [1.807, 2.05) is 27.7 Å². The van der Waals surface area contributed by atoms with E-state index in [2.05, 4.69) is 0 Å². The summed E-state index contributed by atoms with van der Waals surface area (Å²) in [6.07, 6.45) is 8.33. The third kappa shape index (κ3) is 75.6.